The van der Waals surface area contributed by atoms with Crippen molar-refractivity contribution in [1.82, 2.24) is 4.90 Å². The van der Waals surface area contributed by atoms with Crippen molar-refractivity contribution in [3.63, 3.8) is 0 Å². The summed E-state index contributed by atoms with van der Waals surface area (Å²) in [5.74, 6) is 0.503. The van der Waals surface area contributed by atoms with E-state index < -0.39 is 0 Å². The van der Waals surface area contributed by atoms with Gasteiger partial charge in [0.15, 0.2) is 0 Å². The number of hydrogen-bond acceptors (Lipinski definition) is 3. The van der Waals surface area contributed by atoms with Gasteiger partial charge in [-0.2, -0.15) is 0 Å². The summed E-state index contributed by atoms with van der Waals surface area (Å²) in [6.07, 6.45) is 0. The molecule has 0 radical (unpaired) electrons. The van der Waals surface area contributed by atoms with Crippen LogP contribution >= 0.6 is 0 Å². The van der Waals surface area contributed by atoms with Crippen LogP contribution in [-0.4, -0.2) is 30.4 Å². The number of carbonyl (C=O) groups excluding carboxylic acids is 1. The van der Waals surface area contributed by atoms with Gasteiger partial charge in [0, 0.05) is 6.54 Å². The molecule has 4 heteroatoms. The van der Waals surface area contributed by atoms with Gasteiger partial charge in [0.2, 0.25) is 5.91 Å². The van der Waals surface area contributed by atoms with Gasteiger partial charge in [-0.25, -0.2) is 0 Å². The molecule has 3 N–H and O–H groups in total. The van der Waals surface area contributed by atoms with Crippen molar-refractivity contribution >= 4 is 17.3 Å². The van der Waals surface area contributed by atoms with Gasteiger partial charge in [-0.05, 0) is 32.0 Å². The number of nitrogens with two attached hydrogens (primary N) is 1. The van der Waals surface area contributed by atoms with Crippen molar-refractivity contribution in [2.24, 2.45) is 5.92 Å². The van der Waals surface area contributed by atoms with Crippen LogP contribution in [0.25, 0.3) is 0 Å². The molecule has 0 aliphatic rings. The molecule has 1 aromatic carbocycles. The minimum atomic E-state index is -0.174. The summed E-state index contributed by atoms with van der Waals surface area (Å²) in [6, 6.07) is 7.11. The maximum absolute atomic E-state index is 12.1. The molecule has 0 bridgehead atoms. The number of benzene rings is 1. The summed E-state index contributed by atoms with van der Waals surface area (Å²) >= 11 is 0. The summed E-state index contributed by atoms with van der Waals surface area (Å²) in [5, 5.41) is 2.86. The van der Waals surface area contributed by atoms with Crippen LogP contribution in [0.4, 0.5) is 11.4 Å². The minimum absolute atomic E-state index is 0.0314. The van der Waals surface area contributed by atoms with Crippen LogP contribution in [0.3, 0.4) is 0 Å². The minimum Gasteiger partial charge on any atom is -0.397 e. The van der Waals surface area contributed by atoms with E-state index >= 15 is 0 Å². The Labute approximate surface area is 109 Å². The molecule has 0 saturated carbocycles. The smallest absolute Gasteiger partial charge is 0.241 e. The van der Waals surface area contributed by atoms with E-state index in [9.17, 15) is 4.79 Å². The van der Waals surface area contributed by atoms with E-state index in [2.05, 4.69) is 19.2 Å². The second-order valence-electron chi connectivity index (χ2n) is 5.09. The summed E-state index contributed by atoms with van der Waals surface area (Å²) in [4.78, 5) is 14.1. The number of carbonyl (C=O) groups is 1. The lowest BCUT2D eigenvalue weighted by Crippen LogP contribution is -2.41. The number of nitrogens with zero attached hydrogens (tertiary/aromatic N) is 1. The Kier molecular flexibility index (Phi) is 5.16. The number of amides is 1. The molecule has 0 saturated heterocycles. The van der Waals surface area contributed by atoms with Crippen LogP contribution < -0.4 is 11.1 Å². The highest BCUT2D eigenvalue weighted by Gasteiger charge is 2.19. The number of anilines is 2. The molecule has 1 rings (SSSR count). The zero-order chi connectivity index (χ0) is 13.7. The number of nitrogens with one attached hydrogen (secondary N) is 1. The van der Waals surface area contributed by atoms with Gasteiger partial charge in [-0.15, -0.1) is 0 Å². The first-order chi connectivity index (χ1) is 8.41. The highest BCUT2D eigenvalue weighted by molar-refractivity contribution is 5.96. The van der Waals surface area contributed by atoms with E-state index in [0.717, 1.165) is 6.54 Å². The predicted octanol–water partition coefficient (Wildman–Crippen LogP) is 2.18. The molecular weight excluding hydrogens is 226 g/mol. The molecule has 0 fully saturated rings. The first-order valence-electron chi connectivity index (χ1n) is 6.27. The summed E-state index contributed by atoms with van der Waals surface area (Å²) in [5.41, 5.74) is 7.06. The fourth-order valence-corrected chi connectivity index (χ4v) is 1.78. The lowest BCUT2D eigenvalue weighted by atomic mass is 10.1. The maximum Gasteiger partial charge on any atom is 0.241 e. The molecule has 100 valence electrons. The van der Waals surface area contributed by atoms with Crippen LogP contribution in [-0.2, 0) is 4.79 Å². The summed E-state index contributed by atoms with van der Waals surface area (Å²) in [6.45, 7) is 7.06. The molecule has 1 amide bonds. The van der Waals surface area contributed by atoms with Crippen LogP contribution in [0.15, 0.2) is 24.3 Å². The number of rotatable bonds is 5. The van der Waals surface area contributed by atoms with Crippen LogP contribution in [0.5, 0.6) is 0 Å². The third kappa shape index (κ3) is 4.04. The third-order valence-corrected chi connectivity index (χ3v) is 2.91. The molecule has 0 aliphatic carbocycles. The van der Waals surface area contributed by atoms with E-state index in [1.165, 1.54) is 0 Å². The molecule has 0 aromatic heterocycles. The van der Waals surface area contributed by atoms with Gasteiger partial charge in [-0.1, -0.05) is 26.0 Å². The molecule has 18 heavy (non-hydrogen) atoms. The van der Waals surface area contributed by atoms with Gasteiger partial charge in [0.05, 0.1) is 17.4 Å². The van der Waals surface area contributed by atoms with Crippen LogP contribution in [0.2, 0.25) is 0 Å². The fraction of sp³-hybridized carbons (Fsp3) is 0.500. The van der Waals surface area contributed by atoms with Crippen molar-refractivity contribution < 1.29 is 4.79 Å². The topological polar surface area (TPSA) is 58.4 Å². The Morgan fingerprint density at radius 2 is 1.94 bits per heavy atom. The van der Waals surface area contributed by atoms with E-state index in [4.69, 9.17) is 5.73 Å². The molecule has 0 heterocycles. The SMILES string of the molecule is CC(C)CN(C)C(C)C(=O)Nc1ccccc1N. The molecule has 1 unspecified atom stereocenters. The Morgan fingerprint density at radius 3 is 2.50 bits per heavy atom. The quantitative estimate of drug-likeness (QED) is 0.786. The van der Waals surface area contributed by atoms with E-state index in [1.807, 2.05) is 37.1 Å². The maximum atomic E-state index is 12.1. The van der Waals surface area contributed by atoms with Crippen molar-refractivity contribution in [2.75, 3.05) is 24.6 Å². The highest BCUT2D eigenvalue weighted by Crippen LogP contribution is 2.17. The average molecular weight is 249 g/mol. The molecule has 4 nitrogen and oxygen atoms in total. The fourth-order valence-electron chi connectivity index (χ4n) is 1.78. The standard InChI is InChI=1S/C14H23N3O/c1-10(2)9-17(4)11(3)14(18)16-13-8-6-5-7-12(13)15/h5-8,10-11H,9,15H2,1-4H3,(H,16,18). The zero-order valence-corrected chi connectivity index (χ0v) is 11.6. The first-order valence-corrected chi connectivity index (χ1v) is 6.27. The van der Waals surface area contributed by atoms with Crippen LogP contribution in [0, 0.1) is 5.92 Å². The van der Waals surface area contributed by atoms with Crippen molar-refractivity contribution in [1.29, 1.82) is 0 Å². The number of hydrogen-bond donors (Lipinski definition) is 2. The second kappa shape index (κ2) is 6.40. The number of nitrogen functional groups attached to an aromatic ring is 1. The normalized spacial score (nSPS) is 12.8. The largest absolute Gasteiger partial charge is 0.397 e. The first kappa shape index (κ1) is 14.5. The van der Waals surface area contributed by atoms with Gasteiger partial charge in [0.1, 0.15) is 0 Å². The van der Waals surface area contributed by atoms with Gasteiger partial charge >= 0.3 is 0 Å². The molecule has 0 aliphatic heterocycles. The van der Waals surface area contributed by atoms with Crippen molar-refractivity contribution in [2.45, 2.75) is 26.8 Å². The second-order valence-corrected chi connectivity index (χ2v) is 5.09. The summed E-state index contributed by atoms with van der Waals surface area (Å²) in [7, 11) is 1.96. The van der Waals surface area contributed by atoms with Crippen molar-refractivity contribution in [3.8, 4) is 0 Å². The van der Waals surface area contributed by atoms with E-state index in [-0.39, 0.29) is 11.9 Å². The van der Waals surface area contributed by atoms with Gasteiger partial charge < -0.3 is 11.1 Å². The van der Waals surface area contributed by atoms with Gasteiger partial charge in [0.25, 0.3) is 0 Å². The number of para-hydroxylation sites is 2. The van der Waals surface area contributed by atoms with Crippen LogP contribution in [0.1, 0.15) is 20.8 Å². The van der Waals surface area contributed by atoms with Crippen molar-refractivity contribution in [3.05, 3.63) is 24.3 Å². The van der Waals surface area contributed by atoms with E-state index in [0.29, 0.717) is 17.3 Å². The zero-order valence-electron chi connectivity index (χ0n) is 11.6. The average Bonchev–Trinajstić information content (AvgIpc) is 2.30. The Morgan fingerprint density at radius 1 is 1.33 bits per heavy atom. The number of likely N-dealkylation sites (N-methyl/N-ethyl adjacent to an activating group) is 1. The monoisotopic (exact) mass is 249 g/mol. The Hall–Kier alpha value is -1.55. The van der Waals surface area contributed by atoms with E-state index in [1.54, 1.807) is 6.07 Å². The Balaban J connectivity index is 2.63. The lowest BCUT2D eigenvalue weighted by molar-refractivity contribution is -0.120. The van der Waals surface area contributed by atoms with Gasteiger partial charge in [-0.3, -0.25) is 9.69 Å². The summed E-state index contributed by atoms with van der Waals surface area (Å²) < 4.78 is 0. The lowest BCUT2D eigenvalue weighted by Gasteiger charge is -2.25. The predicted molar refractivity (Wildman–Crippen MR) is 76.4 cm³/mol. The molecule has 0 spiro atoms. The molecule has 1 aromatic rings. The Bertz CT molecular complexity index is 404. The molecular formula is C14H23N3O. The highest BCUT2D eigenvalue weighted by atomic mass is 16.2. The third-order valence-electron chi connectivity index (χ3n) is 2.91. The molecule has 1 atom stereocenters.